The third-order valence-electron chi connectivity index (χ3n) is 5.96. The van der Waals surface area contributed by atoms with Crippen LogP contribution >= 0.6 is 0 Å². The molecule has 1 unspecified atom stereocenters. The zero-order chi connectivity index (χ0) is 25.1. The lowest BCUT2D eigenvalue weighted by atomic mass is 9.97. The average molecular weight is 469 g/mol. The maximum absolute atomic E-state index is 13.5. The van der Waals surface area contributed by atoms with Crippen molar-refractivity contribution < 1.29 is 14.3 Å². The number of carbonyl (C=O) groups excluding carboxylic acids is 2. The van der Waals surface area contributed by atoms with Crippen molar-refractivity contribution in [3.05, 3.63) is 100.0 Å². The number of nitrogens with zero attached hydrogens (tertiary/aromatic N) is 1. The van der Waals surface area contributed by atoms with Crippen molar-refractivity contribution >= 4 is 28.3 Å². The van der Waals surface area contributed by atoms with E-state index >= 15 is 0 Å². The predicted octanol–water partition coefficient (Wildman–Crippen LogP) is 5.40. The van der Waals surface area contributed by atoms with E-state index in [-0.39, 0.29) is 17.7 Å². The Labute approximate surface area is 204 Å². The molecule has 1 N–H and O–H groups in total. The van der Waals surface area contributed by atoms with Crippen molar-refractivity contribution in [3.8, 4) is 11.1 Å². The van der Waals surface area contributed by atoms with Gasteiger partial charge in [0.05, 0.1) is 0 Å². The van der Waals surface area contributed by atoms with E-state index in [0.717, 1.165) is 16.7 Å². The zero-order valence-electron chi connectivity index (χ0n) is 20.3. The lowest BCUT2D eigenvalue weighted by Gasteiger charge is -2.20. The third-order valence-corrected chi connectivity index (χ3v) is 5.96. The Bertz CT molecular complexity index is 1450. The van der Waals surface area contributed by atoms with Gasteiger partial charge < -0.3 is 14.6 Å². The molecule has 1 amide bonds. The van der Waals surface area contributed by atoms with E-state index in [0.29, 0.717) is 22.0 Å². The molecule has 1 aromatic heterocycles. The number of nitrogens with one attached hydrogen (secondary N) is 1. The molecular formula is C29H28N2O4. The molecule has 178 valence electrons. The fraction of sp³-hybridized carbons (Fsp3) is 0.207. The fourth-order valence-corrected chi connectivity index (χ4v) is 4.38. The Hall–Kier alpha value is -4.19. The van der Waals surface area contributed by atoms with Crippen LogP contribution in [0.25, 0.3) is 21.9 Å². The van der Waals surface area contributed by atoms with E-state index in [2.05, 4.69) is 5.32 Å². The van der Waals surface area contributed by atoms with Gasteiger partial charge in [-0.1, -0.05) is 61.5 Å². The minimum atomic E-state index is -1.02. The van der Waals surface area contributed by atoms with Gasteiger partial charge in [-0.05, 0) is 60.5 Å². The van der Waals surface area contributed by atoms with Crippen LogP contribution in [0.5, 0.6) is 0 Å². The van der Waals surface area contributed by atoms with E-state index in [1.165, 1.54) is 4.57 Å². The van der Waals surface area contributed by atoms with Gasteiger partial charge in [-0.2, -0.15) is 0 Å². The second kappa shape index (κ2) is 9.97. The van der Waals surface area contributed by atoms with Gasteiger partial charge in [-0.3, -0.25) is 9.59 Å². The van der Waals surface area contributed by atoms with Crippen molar-refractivity contribution in [3.63, 3.8) is 0 Å². The Morgan fingerprint density at radius 2 is 1.51 bits per heavy atom. The highest BCUT2D eigenvalue weighted by Crippen LogP contribution is 2.31. The molecule has 4 aromatic rings. The van der Waals surface area contributed by atoms with Crippen molar-refractivity contribution in [2.75, 3.05) is 5.32 Å². The lowest BCUT2D eigenvalue weighted by Crippen LogP contribution is -2.34. The fourth-order valence-electron chi connectivity index (χ4n) is 4.38. The largest absolute Gasteiger partial charge is 0.448 e. The number of aromatic nitrogens is 1. The second-order valence-electron chi connectivity index (χ2n) is 8.67. The number of anilines is 1. The molecule has 6 heteroatoms. The first-order chi connectivity index (χ1) is 16.8. The van der Waals surface area contributed by atoms with Crippen molar-refractivity contribution in [2.45, 2.75) is 33.3 Å². The van der Waals surface area contributed by atoms with E-state index in [1.54, 1.807) is 26.1 Å². The highest BCUT2D eigenvalue weighted by Gasteiger charge is 2.27. The molecule has 0 fully saturated rings. The molecule has 4 rings (SSSR count). The molecule has 35 heavy (non-hydrogen) atoms. The molecule has 0 aliphatic heterocycles. The van der Waals surface area contributed by atoms with E-state index in [1.807, 2.05) is 74.5 Å². The van der Waals surface area contributed by atoms with Gasteiger partial charge in [-0.25, -0.2) is 4.79 Å². The first kappa shape index (κ1) is 24.0. The van der Waals surface area contributed by atoms with Gasteiger partial charge >= 0.3 is 5.97 Å². The summed E-state index contributed by atoms with van der Waals surface area (Å²) >= 11 is 0. The minimum absolute atomic E-state index is 0.109. The van der Waals surface area contributed by atoms with Crippen LogP contribution in [0.4, 0.5) is 5.69 Å². The molecule has 0 radical (unpaired) electrons. The van der Waals surface area contributed by atoms with E-state index in [9.17, 15) is 14.4 Å². The number of benzene rings is 3. The number of amides is 1. The van der Waals surface area contributed by atoms with Crippen LogP contribution in [0.3, 0.4) is 0 Å². The number of ether oxygens (including phenoxy) is 1. The molecule has 1 heterocycles. The van der Waals surface area contributed by atoms with E-state index in [4.69, 9.17) is 4.74 Å². The summed E-state index contributed by atoms with van der Waals surface area (Å²) in [7, 11) is 1.55. The highest BCUT2D eigenvalue weighted by atomic mass is 16.5. The van der Waals surface area contributed by atoms with Crippen molar-refractivity contribution in [2.24, 2.45) is 7.05 Å². The van der Waals surface area contributed by atoms with Crippen LogP contribution in [0.1, 0.15) is 35.0 Å². The number of esters is 1. The first-order valence-corrected chi connectivity index (χ1v) is 11.6. The molecule has 0 aliphatic rings. The van der Waals surface area contributed by atoms with Crippen LogP contribution < -0.4 is 10.9 Å². The molecule has 0 spiro atoms. The summed E-state index contributed by atoms with van der Waals surface area (Å²) < 4.78 is 7.02. The molecule has 0 bridgehead atoms. The SMILES string of the molecule is CCC(OC(=O)c1c(-c2ccccc2)c2ccccc2c(=O)n1C)C(=O)Nc1cc(C)cc(C)c1. The summed E-state index contributed by atoms with van der Waals surface area (Å²) in [6.07, 6.45) is -0.738. The molecule has 0 saturated heterocycles. The Balaban J connectivity index is 1.74. The van der Waals surface area contributed by atoms with Crippen molar-refractivity contribution in [1.82, 2.24) is 4.57 Å². The number of hydrogen-bond donors (Lipinski definition) is 1. The zero-order valence-corrected chi connectivity index (χ0v) is 20.3. The van der Waals surface area contributed by atoms with Crippen LogP contribution in [0.2, 0.25) is 0 Å². The Morgan fingerprint density at radius 3 is 2.14 bits per heavy atom. The molecule has 6 nitrogen and oxygen atoms in total. The topological polar surface area (TPSA) is 77.4 Å². The lowest BCUT2D eigenvalue weighted by molar-refractivity contribution is -0.124. The number of aryl methyl sites for hydroxylation is 2. The third kappa shape index (κ3) is 4.87. The summed E-state index contributed by atoms with van der Waals surface area (Å²) in [4.78, 5) is 39.6. The van der Waals surface area contributed by atoms with Crippen LogP contribution in [0.15, 0.2) is 77.6 Å². The van der Waals surface area contributed by atoms with Gasteiger partial charge in [0.2, 0.25) is 0 Å². The summed E-state index contributed by atoms with van der Waals surface area (Å²) in [5, 5.41) is 4.01. The van der Waals surface area contributed by atoms with Gasteiger partial charge in [0.25, 0.3) is 11.5 Å². The average Bonchev–Trinajstić information content (AvgIpc) is 2.84. The summed E-state index contributed by atoms with van der Waals surface area (Å²) in [5.74, 6) is -1.14. The van der Waals surface area contributed by atoms with Gasteiger partial charge in [0, 0.05) is 23.7 Å². The number of fused-ring (bicyclic) bond motifs is 1. The molecule has 3 aromatic carbocycles. The van der Waals surface area contributed by atoms with Gasteiger partial charge in [-0.15, -0.1) is 0 Å². The van der Waals surface area contributed by atoms with Gasteiger partial charge in [0.15, 0.2) is 6.10 Å². The van der Waals surface area contributed by atoms with Crippen LogP contribution in [-0.4, -0.2) is 22.5 Å². The normalized spacial score (nSPS) is 11.8. The quantitative estimate of drug-likeness (QED) is 0.385. The van der Waals surface area contributed by atoms with Crippen LogP contribution in [0, 0.1) is 13.8 Å². The number of rotatable bonds is 6. The molecule has 0 saturated carbocycles. The summed E-state index contributed by atoms with van der Waals surface area (Å²) in [5.41, 5.74) is 3.85. The maximum atomic E-state index is 13.5. The Morgan fingerprint density at radius 1 is 0.914 bits per heavy atom. The second-order valence-corrected chi connectivity index (χ2v) is 8.67. The molecule has 1 atom stereocenters. The minimum Gasteiger partial charge on any atom is -0.448 e. The molecule has 0 aliphatic carbocycles. The van der Waals surface area contributed by atoms with Gasteiger partial charge in [0.1, 0.15) is 5.69 Å². The number of pyridine rings is 1. The molecular weight excluding hydrogens is 440 g/mol. The van der Waals surface area contributed by atoms with E-state index < -0.39 is 18.0 Å². The smallest absolute Gasteiger partial charge is 0.356 e. The number of carbonyl (C=O) groups is 2. The standard InChI is InChI=1S/C29H28N2O4/c1-5-24(27(32)30-21-16-18(2)15-19(3)17-21)35-29(34)26-25(20-11-7-6-8-12-20)22-13-9-10-14-23(22)28(33)31(26)4/h6-17,24H,5H2,1-4H3,(H,30,32). The predicted molar refractivity (Wildman–Crippen MR) is 139 cm³/mol. The van der Waals surface area contributed by atoms with Crippen molar-refractivity contribution in [1.29, 1.82) is 0 Å². The van der Waals surface area contributed by atoms with Crippen LogP contribution in [-0.2, 0) is 16.6 Å². The maximum Gasteiger partial charge on any atom is 0.356 e. The summed E-state index contributed by atoms with van der Waals surface area (Å²) in [6, 6.07) is 22.3. The summed E-state index contributed by atoms with van der Waals surface area (Å²) in [6.45, 7) is 5.67. The first-order valence-electron chi connectivity index (χ1n) is 11.6. The monoisotopic (exact) mass is 468 g/mol. The Kier molecular flexibility index (Phi) is 6.82. The highest BCUT2D eigenvalue weighted by molar-refractivity contribution is 6.07. The number of hydrogen-bond acceptors (Lipinski definition) is 4.